The summed E-state index contributed by atoms with van der Waals surface area (Å²) in [5.41, 5.74) is 0.768. The van der Waals surface area contributed by atoms with Crippen LogP contribution in [0, 0.1) is 11.2 Å². The lowest BCUT2D eigenvalue weighted by atomic mass is 10.00. The standard InChI is InChI=1S/C32H34ClFN6O2S/c33-25-3-1-2-19-12-22(41)13-23(26(19)25)28-27(34)29-24(14-35-28)30(40-15-20-4-5-21(16-40)36-20)38-31(37-29)42-18-32(6-7-32)17-39-8-10-43-11-9-39/h1-3,12-14,20-21,36,41H,4-11,15-18H2/t20-,21+. The number of nitrogens with zero attached hydrogens (tertiary/aromatic N) is 5. The van der Waals surface area contributed by atoms with Gasteiger partial charge in [-0.1, -0.05) is 23.7 Å². The number of aromatic hydroxyl groups is 1. The molecule has 1 aliphatic carbocycles. The lowest BCUT2D eigenvalue weighted by molar-refractivity contribution is 0.161. The van der Waals surface area contributed by atoms with Crippen molar-refractivity contribution >= 4 is 50.9 Å². The van der Waals surface area contributed by atoms with Crippen LogP contribution in [-0.2, 0) is 0 Å². The van der Waals surface area contributed by atoms with E-state index in [1.807, 2.05) is 17.8 Å². The van der Waals surface area contributed by atoms with Crippen molar-refractivity contribution in [1.29, 1.82) is 0 Å². The molecule has 2 atom stereocenters. The smallest absolute Gasteiger partial charge is 0.319 e. The summed E-state index contributed by atoms with van der Waals surface area (Å²) < 4.78 is 23.0. The molecule has 4 fully saturated rings. The van der Waals surface area contributed by atoms with Gasteiger partial charge >= 0.3 is 6.01 Å². The Balaban J connectivity index is 1.20. The molecule has 0 spiro atoms. The van der Waals surface area contributed by atoms with E-state index in [9.17, 15) is 5.11 Å². The number of pyridine rings is 1. The SMILES string of the molecule is Oc1cc(-c2ncc3c(N4C[C@H]5CC[C@@H](C4)N5)nc(OCC4(CN5CCSCC5)CC4)nc3c2F)c2c(Cl)cccc2c1. The molecule has 8 rings (SSSR count). The molecule has 2 aromatic heterocycles. The Bertz CT molecular complexity index is 1700. The number of thioether (sulfide) groups is 1. The monoisotopic (exact) mass is 620 g/mol. The Hall–Kier alpha value is -2.92. The summed E-state index contributed by atoms with van der Waals surface area (Å²) in [4.78, 5) is 18.9. The van der Waals surface area contributed by atoms with Crippen molar-refractivity contribution in [3.05, 3.63) is 47.4 Å². The predicted octanol–water partition coefficient (Wildman–Crippen LogP) is 5.49. The molecule has 4 aromatic rings. The molecule has 2 aromatic carbocycles. The third-order valence-corrected chi connectivity index (χ3v) is 10.7. The molecule has 224 valence electrons. The van der Waals surface area contributed by atoms with E-state index in [1.165, 1.54) is 17.6 Å². The molecule has 43 heavy (non-hydrogen) atoms. The molecular formula is C32H34ClFN6O2S. The normalized spacial score (nSPS) is 23.3. The Morgan fingerprint density at radius 3 is 2.67 bits per heavy atom. The van der Waals surface area contributed by atoms with Gasteiger partial charge in [0.05, 0.1) is 12.0 Å². The van der Waals surface area contributed by atoms with Crippen molar-refractivity contribution in [2.45, 2.75) is 37.8 Å². The largest absolute Gasteiger partial charge is 0.508 e. The van der Waals surface area contributed by atoms with E-state index in [2.05, 4.69) is 25.1 Å². The maximum Gasteiger partial charge on any atom is 0.319 e. The molecule has 2 bridgehead atoms. The molecule has 3 saturated heterocycles. The second-order valence-corrected chi connectivity index (χ2v) is 14.2. The highest BCUT2D eigenvalue weighted by Gasteiger charge is 2.45. The number of hydrogen-bond donors (Lipinski definition) is 2. The second-order valence-electron chi connectivity index (χ2n) is 12.6. The Labute approximate surface area is 259 Å². The first-order chi connectivity index (χ1) is 20.9. The number of anilines is 1. The fraction of sp³-hybridized carbons (Fsp3) is 0.469. The number of aromatic nitrogens is 3. The van der Waals surface area contributed by atoms with Crippen LogP contribution in [0.1, 0.15) is 25.7 Å². The first-order valence-corrected chi connectivity index (χ1v) is 16.7. The average Bonchev–Trinajstić information content (AvgIpc) is 3.69. The van der Waals surface area contributed by atoms with E-state index < -0.39 is 5.82 Å². The summed E-state index contributed by atoms with van der Waals surface area (Å²) in [7, 11) is 0. The number of rotatable bonds is 7. The number of benzene rings is 2. The van der Waals surface area contributed by atoms with Crippen molar-refractivity contribution in [1.82, 2.24) is 25.2 Å². The minimum atomic E-state index is -0.581. The van der Waals surface area contributed by atoms with Gasteiger partial charge in [0.15, 0.2) is 5.82 Å². The number of hydrogen-bond acceptors (Lipinski definition) is 9. The van der Waals surface area contributed by atoms with Crippen molar-refractivity contribution in [2.24, 2.45) is 5.41 Å². The highest BCUT2D eigenvalue weighted by molar-refractivity contribution is 7.99. The van der Waals surface area contributed by atoms with E-state index in [0.29, 0.717) is 51.3 Å². The Kier molecular flexibility index (Phi) is 7.01. The van der Waals surface area contributed by atoms with Gasteiger partial charge in [0, 0.05) is 83.9 Å². The highest BCUT2D eigenvalue weighted by Crippen LogP contribution is 2.47. The predicted molar refractivity (Wildman–Crippen MR) is 170 cm³/mol. The van der Waals surface area contributed by atoms with Gasteiger partial charge < -0.3 is 25.0 Å². The minimum Gasteiger partial charge on any atom is -0.508 e. The molecule has 0 unspecified atom stereocenters. The van der Waals surface area contributed by atoms with Crippen LogP contribution in [0.4, 0.5) is 10.2 Å². The number of phenolic OH excluding ortho intramolecular Hbond substituents is 1. The van der Waals surface area contributed by atoms with Gasteiger partial charge in [-0.15, -0.1) is 0 Å². The third-order valence-electron chi connectivity index (χ3n) is 9.45. The highest BCUT2D eigenvalue weighted by atomic mass is 35.5. The van der Waals surface area contributed by atoms with Crippen LogP contribution in [0.25, 0.3) is 32.9 Å². The van der Waals surface area contributed by atoms with Gasteiger partial charge in [-0.3, -0.25) is 4.98 Å². The van der Waals surface area contributed by atoms with Crippen LogP contribution in [-0.4, -0.2) is 87.9 Å². The van der Waals surface area contributed by atoms with Gasteiger partial charge in [0.2, 0.25) is 0 Å². The molecule has 1 saturated carbocycles. The van der Waals surface area contributed by atoms with Crippen LogP contribution in [0.5, 0.6) is 11.8 Å². The number of ether oxygens (including phenoxy) is 1. The van der Waals surface area contributed by atoms with Gasteiger partial charge in [-0.2, -0.15) is 21.7 Å². The molecule has 8 nitrogen and oxygen atoms in total. The number of fused-ring (bicyclic) bond motifs is 4. The van der Waals surface area contributed by atoms with E-state index in [4.69, 9.17) is 21.3 Å². The van der Waals surface area contributed by atoms with Crippen molar-refractivity contribution < 1.29 is 14.2 Å². The fourth-order valence-corrected chi connectivity index (χ4v) is 8.28. The van der Waals surface area contributed by atoms with Gasteiger partial charge in [-0.05, 0) is 49.3 Å². The van der Waals surface area contributed by atoms with Crippen molar-refractivity contribution in [2.75, 3.05) is 55.7 Å². The van der Waals surface area contributed by atoms with Crippen molar-refractivity contribution in [3.63, 3.8) is 0 Å². The fourth-order valence-electron chi connectivity index (χ4n) is 7.01. The van der Waals surface area contributed by atoms with E-state index >= 15 is 4.39 Å². The molecule has 0 radical (unpaired) electrons. The first-order valence-electron chi connectivity index (χ1n) is 15.2. The molecule has 3 aliphatic heterocycles. The summed E-state index contributed by atoms with van der Waals surface area (Å²) in [5, 5.41) is 16.5. The lowest BCUT2D eigenvalue weighted by Gasteiger charge is -2.34. The number of phenols is 1. The zero-order chi connectivity index (χ0) is 29.1. The number of nitrogens with one attached hydrogen (secondary N) is 1. The van der Waals surface area contributed by atoms with E-state index in [-0.39, 0.29) is 28.4 Å². The van der Waals surface area contributed by atoms with Gasteiger partial charge in [-0.25, -0.2) is 4.39 Å². The summed E-state index contributed by atoms with van der Waals surface area (Å²) in [6.07, 6.45) is 6.12. The summed E-state index contributed by atoms with van der Waals surface area (Å²) in [6, 6.07) is 9.48. The summed E-state index contributed by atoms with van der Waals surface area (Å²) in [5.74, 6) is 2.44. The third kappa shape index (κ3) is 5.26. The van der Waals surface area contributed by atoms with E-state index in [1.54, 1.807) is 24.4 Å². The minimum absolute atomic E-state index is 0.0109. The lowest BCUT2D eigenvalue weighted by Crippen LogP contribution is -2.51. The van der Waals surface area contributed by atoms with Crippen LogP contribution >= 0.6 is 23.4 Å². The second kappa shape index (κ2) is 10.9. The first kappa shape index (κ1) is 27.6. The van der Waals surface area contributed by atoms with Gasteiger partial charge in [0.25, 0.3) is 0 Å². The number of halogens is 2. The molecular weight excluding hydrogens is 587 g/mol. The van der Waals surface area contributed by atoms with Crippen LogP contribution in [0.15, 0.2) is 36.5 Å². The quantitative estimate of drug-likeness (QED) is 0.278. The molecule has 4 aliphatic rings. The zero-order valence-corrected chi connectivity index (χ0v) is 25.4. The van der Waals surface area contributed by atoms with Crippen molar-refractivity contribution in [3.8, 4) is 23.0 Å². The van der Waals surface area contributed by atoms with Crippen LogP contribution < -0.4 is 15.0 Å². The molecule has 5 heterocycles. The maximum absolute atomic E-state index is 16.7. The average molecular weight is 621 g/mol. The van der Waals surface area contributed by atoms with Crippen LogP contribution in [0.3, 0.4) is 0 Å². The number of piperazine rings is 1. The molecule has 11 heteroatoms. The summed E-state index contributed by atoms with van der Waals surface area (Å²) in [6.45, 7) is 5.33. The topological polar surface area (TPSA) is 86.6 Å². The Morgan fingerprint density at radius 2 is 1.91 bits per heavy atom. The van der Waals surface area contributed by atoms with Crippen LogP contribution in [0.2, 0.25) is 5.02 Å². The Morgan fingerprint density at radius 1 is 1.12 bits per heavy atom. The molecule has 2 N–H and O–H groups in total. The van der Waals surface area contributed by atoms with E-state index in [0.717, 1.165) is 58.4 Å². The maximum atomic E-state index is 16.7. The molecule has 0 amide bonds. The zero-order valence-electron chi connectivity index (χ0n) is 23.9. The summed E-state index contributed by atoms with van der Waals surface area (Å²) >= 11 is 8.60. The van der Waals surface area contributed by atoms with Gasteiger partial charge in [0.1, 0.15) is 22.8 Å².